The first kappa shape index (κ1) is 14.3. The second-order valence-corrected chi connectivity index (χ2v) is 5.54. The first-order chi connectivity index (χ1) is 9.13. The van der Waals surface area contributed by atoms with Crippen molar-refractivity contribution in [3.63, 3.8) is 0 Å². The molecule has 0 bridgehead atoms. The summed E-state index contributed by atoms with van der Waals surface area (Å²) in [5, 5.41) is 8.66. The maximum atomic E-state index is 11.9. The minimum atomic E-state index is -0.0637. The highest BCUT2D eigenvalue weighted by Gasteiger charge is 2.44. The molecule has 106 valence electrons. The van der Waals surface area contributed by atoms with E-state index in [4.69, 9.17) is 14.7 Å². The Morgan fingerprint density at radius 1 is 1.53 bits per heavy atom. The third-order valence-corrected chi connectivity index (χ3v) is 3.91. The Kier molecular flexibility index (Phi) is 4.78. The minimum absolute atomic E-state index is 0.0314. The lowest BCUT2D eigenvalue weighted by molar-refractivity contribution is -0.146. The number of nitrogens with zero attached hydrogens (tertiary/aromatic N) is 2. The van der Waals surface area contributed by atoms with Gasteiger partial charge in [-0.05, 0) is 26.7 Å². The largest absolute Gasteiger partial charge is 0.378 e. The van der Waals surface area contributed by atoms with Crippen molar-refractivity contribution in [1.29, 1.82) is 5.26 Å². The molecular weight excluding hydrogens is 244 g/mol. The lowest BCUT2D eigenvalue weighted by atomic mass is 10.0. The number of rotatable bonds is 4. The molecule has 0 aromatic heterocycles. The van der Waals surface area contributed by atoms with E-state index in [-0.39, 0.29) is 30.6 Å². The molecule has 1 aliphatic heterocycles. The molecule has 1 amide bonds. The second-order valence-electron chi connectivity index (χ2n) is 5.54. The summed E-state index contributed by atoms with van der Waals surface area (Å²) in [6.07, 6.45) is 2.25. The smallest absolute Gasteiger partial charge is 0.237 e. The predicted octanol–water partition coefficient (Wildman–Crippen LogP) is 1.33. The summed E-state index contributed by atoms with van der Waals surface area (Å²) in [6.45, 7) is 5.92. The van der Waals surface area contributed by atoms with Crippen LogP contribution in [0.15, 0.2) is 0 Å². The van der Waals surface area contributed by atoms with Gasteiger partial charge in [-0.3, -0.25) is 4.79 Å². The summed E-state index contributed by atoms with van der Waals surface area (Å²) in [5.74, 6) is 0.302. The van der Waals surface area contributed by atoms with Crippen LogP contribution in [-0.2, 0) is 14.3 Å². The maximum absolute atomic E-state index is 11.9. The van der Waals surface area contributed by atoms with Gasteiger partial charge < -0.3 is 14.4 Å². The quantitative estimate of drug-likeness (QED) is 0.770. The molecule has 2 aliphatic rings. The zero-order valence-electron chi connectivity index (χ0n) is 11.7. The van der Waals surface area contributed by atoms with Crippen LogP contribution in [0.25, 0.3) is 0 Å². The van der Waals surface area contributed by atoms with Crippen LogP contribution in [0.4, 0.5) is 0 Å². The van der Waals surface area contributed by atoms with Gasteiger partial charge in [0.2, 0.25) is 5.91 Å². The topological polar surface area (TPSA) is 62.6 Å². The minimum Gasteiger partial charge on any atom is -0.378 e. The molecule has 1 aliphatic carbocycles. The number of carbonyl (C=O) groups excluding carboxylic acids is 1. The number of hydrogen-bond donors (Lipinski definition) is 0. The molecule has 2 fully saturated rings. The Bertz CT molecular complexity index is 364. The molecule has 0 radical (unpaired) electrons. The lowest BCUT2D eigenvalue weighted by Crippen LogP contribution is -2.53. The Hall–Kier alpha value is -1.12. The molecule has 0 aromatic carbocycles. The number of amides is 1. The van der Waals surface area contributed by atoms with Crippen molar-refractivity contribution in [2.75, 3.05) is 19.8 Å². The van der Waals surface area contributed by atoms with Crippen LogP contribution in [-0.4, -0.2) is 48.8 Å². The molecule has 19 heavy (non-hydrogen) atoms. The van der Waals surface area contributed by atoms with Gasteiger partial charge in [-0.15, -0.1) is 0 Å². The van der Waals surface area contributed by atoms with Crippen molar-refractivity contribution < 1.29 is 14.3 Å². The van der Waals surface area contributed by atoms with Crippen LogP contribution in [0.1, 0.15) is 33.1 Å². The average molecular weight is 266 g/mol. The second kappa shape index (κ2) is 6.36. The van der Waals surface area contributed by atoms with Gasteiger partial charge in [0, 0.05) is 12.5 Å². The van der Waals surface area contributed by atoms with E-state index in [0.717, 1.165) is 12.8 Å². The summed E-state index contributed by atoms with van der Waals surface area (Å²) in [4.78, 5) is 13.8. The first-order valence-electron chi connectivity index (χ1n) is 7.03. The highest BCUT2D eigenvalue weighted by Crippen LogP contribution is 2.35. The third kappa shape index (κ3) is 3.26. The van der Waals surface area contributed by atoms with E-state index in [1.54, 1.807) is 0 Å². The number of nitriles is 1. The molecule has 0 unspecified atom stereocenters. The molecule has 2 rings (SSSR count). The molecule has 1 saturated carbocycles. The summed E-state index contributed by atoms with van der Waals surface area (Å²) in [7, 11) is 0. The van der Waals surface area contributed by atoms with E-state index in [9.17, 15) is 4.79 Å². The van der Waals surface area contributed by atoms with Crippen LogP contribution in [0.2, 0.25) is 0 Å². The van der Waals surface area contributed by atoms with Crippen LogP contribution >= 0.6 is 0 Å². The highest BCUT2D eigenvalue weighted by molar-refractivity contribution is 5.78. The van der Waals surface area contributed by atoms with Crippen molar-refractivity contribution >= 4 is 5.91 Å². The fourth-order valence-electron chi connectivity index (χ4n) is 3.03. The van der Waals surface area contributed by atoms with Gasteiger partial charge in [0.25, 0.3) is 0 Å². The van der Waals surface area contributed by atoms with Gasteiger partial charge >= 0.3 is 0 Å². The fourth-order valence-corrected chi connectivity index (χ4v) is 3.03. The van der Waals surface area contributed by atoms with Crippen molar-refractivity contribution in [3.05, 3.63) is 0 Å². The van der Waals surface area contributed by atoms with Gasteiger partial charge in [-0.25, -0.2) is 0 Å². The Balaban J connectivity index is 1.96. The average Bonchev–Trinajstić information content (AvgIpc) is 2.79. The third-order valence-electron chi connectivity index (χ3n) is 3.91. The van der Waals surface area contributed by atoms with Crippen LogP contribution < -0.4 is 0 Å². The standard InChI is InChI=1S/C14H22N2O3/c1-10(2)19-9-11-3-4-12-14(11)18-8-7-16(12)13(17)5-6-15/h10-12,14H,3-5,7-9H2,1-2H3/t11-,12-,14-/m0/s1. The monoisotopic (exact) mass is 266 g/mol. The SMILES string of the molecule is CC(C)OC[C@@H]1CC[C@H]2[C@H]1OCCN2C(=O)CC#N. The first-order valence-corrected chi connectivity index (χ1v) is 7.03. The van der Waals surface area contributed by atoms with Gasteiger partial charge in [-0.1, -0.05) is 0 Å². The van der Waals surface area contributed by atoms with Gasteiger partial charge in [0.05, 0.1) is 37.5 Å². The van der Waals surface area contributed by atoms with Crippen LogP contribution in [0, 0.1) is 17.2 Å². The Morgan fingerprint density at radius 2 is 2.32 bits per heavy atom. The normalized spacial score (nSPS) is 30.2. The number of carbonyl (C=O) groups is 1. The lowest BCUT2D eigenvalue weighted by Gasteiger charge is -2.39. The Morgan fingerprint density at radius 3 is 3.00 bits per heavy atom. The van der Waals surface area contributed by atoms with E-state index in [1.165, 1.54) is 0 Å². The zero-order valence-corrected chi connectivity index (χ0v) is 11.7. The maximum Gasteiger partial charge on any atom is 0.237 e. The molecule has 5 heteroatoms. The molecule has 1 saturated heterocycles. The van der Waals surface area contributed by atoms with Crippen molar-refractivity contribution in [2.24, 2.45) is 5.92 Å². The number of ether oxygens (including phenoxy) is 2. The molecule has 3 atom stereocenters. The number of morpholine rings is 1. The van der Waals surface area contributed by atoms with E-state index in [0.29, 0.717) is 25.7 Å². The predicted molar refractivity (Wildman–Crippen MR) is 69.3 cm³/mol. The van der Waals surface area contributed by atoms with Gasteiger partial charge in [-0.2, -0.15) is 5.26 Å². The van der Waals surface area contributed by atoms with E-state index in [2.05, 4.69) is 0 Å². The molecule has 5 nitrogen and oxygen atoms in total. The summed E-state index contributed by atoms with van der Waals surface area (Å²) in [6, 6.07) is 2.07. The van der Waals surface area contributed by atoms with Gasteiger partial charge in [0.15, 0.2) is 0 Å². The molecule has 0 N–H and O–H groups in total. The number of fused-ring (bicyclic) bond motifs is 1. The highest BCUT2D eigenvalue weighted by atomic mass is 16.5. The fraction of sp³-hybridized carbons (Fsp3) is 0.857. The van der Waals surface area contributed by atoms with Crippen molar-refractivity contribution in [2.45, 2.75) is 51.4 Å². The van der Waals surface area contributed by atoms with Crippen LogP contribution in [0.5, 0.6) is 0 Å². The molecule has 1 heterocycles. The van der Waals surface area contributed by atoms with E-state index >= 15 is 0 Å². The van der Waals surface area contributed by atoms with Crippen molar-refractivity contribution in [1.82, 2.24) is 4.90 Å². The summed E-state index contributed by atoms with van der Waals surface area (Å²) >= 11 is 0. The summed E-state index contributed by atoms with van der Waals surface area (Å²) < 4.78 is 11.5. The van der Waals surface area contributed by atoms with Gasteiger partial charge in [0.1, 0.15) is 6.42 Å². The molecule has 0 spiro atoms. The molecule has 0 aromatic rings. The van der Waals surface area contributed by atoms with E-state index in [1.807, 2.05) is 24.8 Å². The van der Waals surface area contributed by atoms with Crippen molar-refractivity contribution in [3.8, 4) is 6.07 Å². The zero-order chi connectivity index (χ0) is 13.8. The summed E-state index contributed by atoms with van der Waals surface area (Å²) in [5.41, 5.74) is 0. The van der Waals surface area contributed by atoms with E-state index < -0.39 is 0 Å². The molecular formula is C14H22N2O3. The van der Waals surface area contributed by atoms with Crippen LogP contribution in [0.3, 0.4) is 0 Å². The Labute approximate surface area is 114 Å². The number of hydrogen-bond acceptors (Lipinski definition) is 4.